The van der Waals surface area contributed by atoms with E-state index in [-0.39, 0.29) is 0 Å². The Morgan fingerprint density at radius 3 is 2.25 bits per heavy atom. The minimum atomic E-state index is 0.315. The van der Waals surface area contributed by atoms with Crippen molar-refractivity contribution in [2.45, 2.75) is 19.1 Å². The van der Waals surface area contributed by atoms with E-state index in [4.69, 9.17) is 4.74 Å². The SMILES string of the molecule is c1ccc(C[C@@H]2CN(Cc3ccccc3)CCO2)cc1. The van der Waals surface area contributed by atoms with Crippen LogP contribution in [-0.2, 0) is 17.7 Å². The fraction of sp³-hybridized carbons (Fsp3) is 0.333. The zero-order chi connectivity index (χ0) is 13.6. The van der Waals surface area contributed by atoms with E-state index in [0.29, 0.717) is 6.10 Å². The summed E-state index contributed by atoms with van der Waals surface area (Å²) in [6, 6.07) is 21.3. The summed E-state index contributed by atoms with van der Waals surface area (Å²) < 4.78 is 5.91. The van der Waals surface area contributed by atoms with Crippen LogP contribution in [0.25, 0.3) is 0 Å². The molecule has 1 fully saturated rings. The molecule has 1 aliphatic heterocycles. The lowest BCUT2D eigenvalue weighted by Crippen LogP contribution is -2.42. The molecule has 2 aromatic carbocycles. The second-order valence-electron chi connectivity index (χ2n) is 5.40. The van der Waals surface area contributed by atoms with Crippen molar-refractivity contribution in [1.82, 2.24) is 4.90 Å². The van der Waals surface area contributed by atoms with Gasteiger partial charge in [-0.1, -0.05) is 60.7 Å². The van der Waals surface area contributed by atoms with E-state index < -0.39 is 0 Å². The summed E-state index contributed by atoms with van der Waals surface area (Å²) in [4.78, 5) is 2.49. The summed E-state index contributed by atoms with van der Waals surface area (Å²) in [7, 11) is 0. The number of rotatable bonds is 4. The lowest BCUT2D eigenvalue weighted by Gasteiger charge is -2.33. The van der Waals surface area contributed by atoms with Crippen LogP contribution < -0.4 is 0 Å². The number of nitrogens with zero attached hydrogens (tertiary/aromatic N) is 1. The molecule has 20 heavy (non-hydrogen) atoms. The Morgan fingerprint density at radius 2 is 1.55 bits per heavy atom. The van der Waals surface area contributed by atoms with Gasteiger partial charge in [0.15, 0.2) is 0 Å². The van der Waals surface area contributed by atoms with Gasteiger partial charge in [0.1, 0.15) is 0 Å². The van der Waals surface area contributed by atoms with Crippen LogP contribution in [0.4, 0.5) is 0 Å². The van der Waals surface area contributed by atoms with E-state index in [0.717, 1.165) is 32.7 Å². The Kier molecular flexibility index (Phi) is 4.46. The minimum absolute atomic E-state index is 0.315. The van der Waals surface area contributed by atoms with Gasteiger partial charge in [0.05, 0.1) is 12.7 Å². The first-order valence-corrected chi connectivity index (χ1v) is 7.32. The highest BCUT2D eigenvalue weighted by Crippen LogP contribution is 2.14. The zero-order valence-corrected chi connectivity index (χ0v) is 11.7. The van der Waals surface area contributed by atoms with E-state index >= 15 is 0 Å². The molecule has 3 rings (SSSR count). The van der Waals surface area contributed by atoms with Crippen LogP contribution in [0.2, 0.25) is 0 Å². The average molecular weight is 267 g/mol. The maximum absolute atomic E-state index is 5.91. The van der Waals surface area contributed by atoms with E-state index in [2.05, 4.69) is 65.6 Å². The molecule has 1 aliphatic rings. The van der Waals surface area contributed by atoms with E-state index in [1.165, 1.54) is 11.1 Å². The van der Waals surface area contributed by atoms with Crippen molar-refractivity contribution < 1.29 is 4.74 Å². The first kappa shape index (κ1) is 13.3. The molecule has 0 bridgehead atoms. The molecular formula is C18H21NO. The summed E-state index contributed by atoms with van der Waals surface area (Å²) in [5.41, 5.74) is 2.74. The highest BCUT2D eigenvalue weighted by molar-refractivity contribution is 5.16. The molecule has 2 aromatic rings. The molecular weight excluding hydrogens is 246 g/mol. The van der Waals surface area contributed by atoms with Gasteiger partial charge in [-0.25, -0.2) is 0 Å². The Hall–Kier alpha value is -1.64. The maximum Gasteiger partial charge on any atom is 0.0743 e. The molecule has 0 amide bonds. The van der Waals surface area contributed by atoms with Crippen molar-refractivity contribution in [1.29, 1.82) is 0 Å². The molecule has 0 spiro atoms. The second kappa shape index (κ2) is 6.69. The lowest BCUT2D eigenvalue weighted by molar-refractivity contribution is -0.0304. The van der Waals surface area contributed by atoms with Crippen LogP contribution >= 0.6 is 0 Å². The van der Waals surface area contributed by atoms with Crippen LogP contribution in [0, 0.1) is 0 Å². The largest absolute Gasteiger partial charge is 0.375 e. The number of morpholine rings is 1. The van der Waals surface area contributed by atoms with Crippen LogP contribution in [0.1, 0.15) is 11.1 Å². The number of ether oxygens (including phenoxy) is 1. The van der Waals surface area contributed by atoms with Gasteiger partial charge in [-0.05, 0) is 17.5 Å². The topological polar surface area (TPSA) is 12.5 Å². The van der Waals surface area contributed by atoms with Gasteiger partial charge in [0.2, 0.25) is 0 Å². The lowest BCUT2D eigenvalue weighted by atomic mass is 10.1. The first-order chi connectivity index (χ1) is 9.90. The zero-order valence-electron chi connectivity index (χ0n) is 11.7. The first-order valence-electron chi connectivity index (χ1n) is 7.32. The van der Waals surface area contributed by atoms with Crippen LogP contribution in [0.5, 0.6) is 0 Å². The quantitative estimate of drug-likeness (QED) is 0.844. The molecule has 1 atom stereocenters. The van der Waals surface area contributed by atoms with E-state index in [9.17, 15) is 0 Å². The van der Waals surface area contributed by atoms with Crippen molar-refractivity contribution in [3.8, 4) is 0 Å². The third-order valence-corrected chi connectivity index (χ3v) is 3.78. The Labute approximate surface area is 121 Å². The summed E-state index contributed by atoms with van der Waals surface area (Å²) in [5.74, 6) is 0. The van der Waals surface area contributed by atoms with Crippen molar-refractivity contribution in [2.75, 3.05) is 19.7 Å². The third kappa shape index (κ3) is 3.69. The molecule has 1 heterocycles. The summed E-state index contributed by atoms with van der Waals surface area (Å²) in [6.07, 6.45) is 1.32. The standard InChI is InChI=1S/C18H21NO/c1-3-7-16(8-4-1)13-18-15-19(11-12-20-18)14-17-9-5-2-6-10-17/h1-10,18H,11-15H2/t18-/m1/s1. The van der Waals surface area contributed by atoms with E-state index in [1.54, 1.807) is 0 Å². The van der Waals surface area contributed by atoms with Gasteiger partial charge in [-0.15, -0.1) is 0 Å². The summed E-state index contributed by atoms with van der Waals surface area (Å²) in [6.45, 7) is 3.91. The highest BCUT2D eigenvalue weighted by Gasteiger charge is 2.20. The molecule has 0 aromatic heterocycles. The Bertz CT molecular complexity index is 464. The predicted molar refractivity (Wildman–Crippen MR) is 81.6 cm³/mol. The predicted octanol–water partition coefficient (Wildman–Crippen LogP) is 3.13. The molecule has 104 valence electrons. The minimum Gasteiger partial charge on any atom is -0.375 e. The normalized spacial score (nSPS) is 19.9. The fourth-order valence-electron chi connectivity index (χ4n) is 2.77. The van der Waals surface area contributed by atoms with Gasteiger partial charge >= 0.3 is 0 Å². The van der Waals surface area contributed by atoms with Crippen LogP contribution in [0.3, 0.4) is 0 Å². The highest BCUT2D eigenvalue weighted by atomic mass is 16.5. The molecule has 2 nitrogen and oxygen atoms in total. The maximum atomic E-state index is 5.91. The Morgan fingerprint density at radius 1 is 0.900 bits per heavy atom. The second-order valence-corrected chi connectivity index (χ2v) is 5.40. The number of hydrogen-bond acceptors (Lipinski definition) is 2. The van der Waals surface area contributed by atoms with Gasteiger partial charge in [0.25, 0.3) is 0 Å². The van der Waals surface area contributed by atoms with Crippen LogP contribution in [-0.4, -0.2) is 30.7 Å². The molecule has 0 N–H and O–H groups in total. The number of hydrogen-bond donors (Lipinski definition) is 0. The third-order valence-electron chi connectivity index (χ3n) is 3.78. The van der Waals surface area contributed by atoms with Crippen molar-refractivity contribution >= 4 is 0 Å². The van der Waals surface area contributed by atoms with Gasteiger partial charge in [0, 0.05) is 19.6 Å². The van der Waals surface area contributed by atoms with Gasteiger partial charge in [-0.3, -0.25) is 4.90 Å². The average Bonchev–Trinajstić information content (AvgIpc) is 2.50. The molecule has 1 saturated heterocycles. The molecule has 0 radical (unpaired) electrons. The molecule has 0 saturated carbocycles. The summed E-state index contributed by atoms with van der Waals surface area (Å²) in [5, 5.41) is 0. The smallest absolute Gasteiger partial charge is 0.0743 e. The van der Waals surface area contributed by atoms with Gasteiger partial charge in [-0.2, -0.15) is 0 Å². The van der Waals surface area contributed by atoms with E-state index in [1.807, 2.05) is 0 Å². The number of benzene rings is 2. The fourth-order valence-corrected chi connectivity index (χ4v) is 2.77. The van der Waals surface area contributed by atoms with Crippen molar-refractivity contribution in [2.24, 2.45) is 0 Å². The Balaban J connectivity index is 1.57. The molecule has 0 aliphatic carbocycles. The van der Waals surface area contributed by atoms with Gasteiger partial charge < -0.3 is 4.74 Å². The monoisotopic (exact) mass is 267 g/mol. The van der Waals surface area contributed by atoms with Crippen molar-refractivity contribution in [3.63, 3.8) is 0 Å². The molecule has 2 heteroatoms. The van der Waals surface area contributed by atoms with Crippen LogP contribution in [0.15, 0.2) is 60.7 Å². The summed E-state index contributed by atoms with van der Waals surface area (Å²) >= 11 is 0. The van der Waals surface area contributed by atoms with Crippen molar-refractivity contribution in [3.05, 3.63) is 71.8 Å². The molecule has 0 unspecified atom stereocenters.